The number of ether oxygens (including phenoxy) is 4. The molecule has 34 nitrogen and oxygen atoms in total. The van der Waals surface area contributed by atoms with Gasteiger partial charge in [-0.3, -0.25) is 67.1 Å². The Labute approximate surface area is 688 Å². The van der Waals surface area contributed by atoms with Crippen LogP contribution in [-0.2, 0) is 127 Å². The topological polar surface area (TPSA) is 451 Å². The fourth-order valence-electron chi connectivity index (χ4n) is 15.4. The number of aliphatic hydroxyl groups excluding tert-OH is 1. The maximum absolute atomic E-state index is 16.3. The summed E-state index contributed by atoms with van der Waals surface area (Å²) in [5.41, 5.74) is 2.50. The van der Waals surface area contributed by atoms with Crippen molar-refractivity contribution in [3.63, 3.8) is 0 Å². The Morgan fingerprint density at radius 2 is 1.39 bits per heavy atom. The number of benzene rings is 4. The molecule has 0 aliphatic carbocycles. The number of aliphatic hydroxyl groups is 1. The van der Waals surface area contributed by atoms with Gasteiger partial charge in [0.25, 0.3) is 0 Å². The van der Waals surface area contributed by atoms with Crippen LogP contribution >= 0.6 is 0 Å². The minimum absolute atomic E-state index is 0.00977. The molecule has 642 valence electrons. The quantitative estimate of drug-likeness (QED) is 0.0537. The predicted octanol–water partition coefficient (Wildman–Crippen LogP) is 0.699. The molecular formula is C84H109FN14O20. The van der Waals surface area contributed by atoms with Crippen LogP contribution in [0.5, 0.6) is 5.75 Å². The molecule has 6 aliphatic heterocycles. The van der Waals surface area contributed by atoms with Gasteiger partial charge in [0.05, 0.1) is 39.1 Å². The first-order valence-electron chi connectivity index (χ1n) is 40.7. The van der Waals surface area contributed by atoms with E-state index >= 15 is 33.2 Å². The Kier molecular flexibility index (Phi) is 32.7. The Bertz CT molecular complexity index is 4470. The van der Waals surface area contributed by atoms with E-state index in [1.165, 1.54) is 38.0 Å². The van der Waals surface area contributed by atoms with Crippen LogP contribution in [-0.4, -0.2) is 252 Å². The second-order valence-corrected chi connectivity index (χ2v) is 30.9. The molecule has 6 aliphatic rings. The van der Waals surface area contributed by atoms with E-state index in [2.05, 4.69) is 53.2 Å². The zero-order chi connectivity index (χ0) is 85.3. The highest BCUT2D eigenvalue weighted by atomic mass is 19.1. The minimum atomic E-state index is -1.88. The number of hydrogen-bond acceptors (Lipinski definition) is 19. The number of carbonyl (C=O) groups is 14. The maximum Gasteiger partial charge on any atom is 0.303 e. The summed E-state index contributed by atoms with van der Waals surface area (Å²) in [6.45, 7) is 2.92. The lowest BCUT2D eigenvalue weighted by molar-refractivity contribution is -0.148. The Hall–Kier alpha value is -11.4. The summed E-state index contributed by atoms with van der Waals surface area (Å²) in [6.07, 6.45) is 0.355. The van der Waals surface area contributed by atoms with E-state index < -0.39 is 163 Å². The van der Waals surface area contributed by atoms with Crippen LogP contribution in [0.25, 0.3) is 10.9 Å². The molecule has 1 aromatic heterocycles. The van der Waals surface area contributed by atoms with Crippen molar-refractivity contribution in [1.29, 1.82) is 0 Å². The van der Waals surface area contributed by atoms with Gasteiger partial charge in [0.1, 0.15) is 72.6 Å². The number of aromatic nitrogens is 1. The lowest BCUT2D eigenvalue weighted by Gasteiger charge is -2.37. The fourth-order valence-corrected chi connectivity index (χ4v) is 15.4. The van der Waals surface area contributed by atoms with Gasteiger partial charge in [0.15, 0.2) is 0 Å². The molecule has 7 heterocycles. The number of methoxy groups -OCH3 is 1. The average Bonchev–Trinajstić information content (AvgIpc) is 1.65. The molecule has 10 atom stereocenters. The van der Waals surface area contributed by atoms with Crippen LogP contribution in [0.1, 0.15) is 131 Å². The molecular weight excluding hydrogens is 1540 g/mol. The minimum Gasteiger partial charge on any atom is -0.497 e. The molecule has 1 unspecified atom stereocenters. The number of carboxylic acids is 1. The largest absolute Gasteiger partial charge is 0.497 e. The summed E-state index contributed by atoms with van der Waals surface area (Å²) in [5, 5.41) is 48.1. The van der Waals surface area contributed by atoms with E-state index in [-0.39, 0.29) is 135 Å². The zero-order valence-corrected chi connectivity index (χ0v) is 67.6. The van der Waals surface area contributed by atoms with Crippen molar-refractivity contribution in [2.75, 3.05) is 79.4 Å². The number of nitrogens with zero attached hydrogens (tertiary/aromatic N) is 4. The highest BCUT2D eigenvalue weighted by Crippen LogP contribution is 2.32. The van der Waals surface area contributed by atoms with Crippen LogP contribution in [0, 0.1) is 5.82 Å². The molecule has 2 saturated heterocycles. The number of nitrogens with one attached hydrogen (secondary N) is 10. The van der Waals surface area contributed by atoms with Crippen LogP contribution in [0.4, 0.5) is 4.39 Å². The van der Waals surface area contributed by atoms with Crippen LogP contribution in [0.3, 0.4) is 0 Å². The van der Waals surface area contributed by atoms with Crippen molar-refractivity contribution < 1.29 is 101 Å². The molecule has 0 saturated carbocycles. The summed E-state index contributed by atoms with van der Waals surface area (Å²) < 4.78 is 40.5. The molecule has 13 amide bonds. The van der Waals surface area contributed by atoms with Gasteiger partial charge in [-0.1, -0.05) is 73.5 Å². The molecule has 11 rings (SSSR count). The molecule has 12 N–H and O–H groups in total. The molecule has 2 fully saturated rings. The van der Waals surface area contributed by atoms with Crippen LogP contribution < -0.4 is 57.9 Å². The van der Waals surface area contributed by atoms with Crippen LogP contribution in [0.15, 0.2) is 97.2 Å². The molecule has 12 bridgehead atoms. The van der Waals surface area contributed by atoms with Crippen molar-refractivity contribution in [3.8, 4) is 5.75 Å². The number of aliphatic carboxylic acids is 1. The van der Waals surface area contributed by atoms with E-state index in [4.69, 9.17) is 24.1 Å². The zero-order valence-electron chi connectivity index (χ0n) is 67.6. The number of rotatable bonds is 18. The van der Waals surface area contributed by atoms with E-state index in [1.54, 1.807) is 72.6 Å². The van der Waals surface area contributed by atoms with Crippen molar-refractivity contribution in [1.82, 2.24) is 72.4 Å². The normalized spacial score (nSPS) is 23.9. The smallest absolute Gasteiger partial charge is 0.303 e. The van der Waals surface area contributed by atoms with E-state index in [0.29, 0.717) is 84.0 Å². The van der Waals surface area contributed by atoms with Gasteiger partial charge in [-0.15, -0.1) is 0 Å². The monoisotopic (exact) mass is 1650 g/mol. The number of fused-ring (bicyclic) bond motifs is 16. The number of amides is 13. The first-order chi connectivity index (χ1) is 57.1. The third-order valence-corrected chi connectivity index (χ3v) is 22.0. The SMILES string of the molecule is COc1ccc(C[C@@H]2NC(=O)[C@H]([C@@H](C)O)NC(=O)C3[C@@H]4CCN3C(=O)[C@@H]3Cc5cn(c6ccc(F)cc56)CCCCCCN(Cc5ccc(cc5)CCNC(=O)[C@]5(C)CCCN5C2=O)C(=O)CCC(=O)N[C@@H](C)C(=O)N[C@H](CNC(=O)COCCOCCNC(=O)CCCC(=O)O)C(=O)N[C@@H](Cc2cccc(c2)CNC(=O)CO4)C(=O)N3)cc1. The predicted molar refractivity (Wildman–Crippen MR) is 428 cm³/mol. The molecule has 0 radical (unpaired) electrons. The Morgan fingerprint density at radius 3 is 2.15 bits per heavy atom. The van der Waals surface area contributed by atoms with Crippen molar-refractivity contribution >= 4 is 93.7 Å². The third kappa shape index (κ3) is 25.5. The number of hydrogen-bond donors (Lipinski definition) is 12. The summed E-state index contributed by atoms with van der Waals surface area (Å²) in [5.74, 6) is -11.3. The van der Waals surface area contributed by atoms with Crippen molar-refractivity contribution in [3.05, 3.63) is 136 Å². The molecule has 5 aromatic rings. The maximum atomic E-state index is 16.3. The summed E-state index contributed by atoms with van der Waals surface area (Å²) in [7, 11) is 1.48. The second kappa shape index (κ2) is 43.3. The van der Waals surface area contributed by atoms with Gasteiger partial charge < -0.3 is 102 Å². The Balaban J connectivity index is 1.03. The number of carbonyl (C=O) groups excluding carboxylic acids is 13. The Morgan fingerprint density at radius 1 is 0.664 bits per heavy atom. The number of carboxylic acid groups (broad SMARTS) is 1. The van der Waals surface area contributed by atoms with Gasteiger partial charge in [0.2, 0.25) is 76.8 Å². The number of halogens is 1. The van der Waals surface area contributed by atoms with Gasteiger partial charge >= 0.3 is 5.97 Å². The summed E-state index contributed by atoms with van der Waals surface area (Å²) >= 11 is 0. The van der Waals surface area contributed by atoms with E-state index in [1.807, 2.05) is 28.8 Å². The van der Waals surface area contributed by atoms with E-state index in [9.17, 15) is 43.5 Å². The highest BCUT2D eigenvalue weighted by molar-refractivity contribution is 6.00. The average molecular weight is 1650 g/mol. The lowest BCUT2D eigenvalue weighted by atomic mass is 9.95. The van der Waals surface area contributed by atoms with Crippen molar-refractivity contribution in [2.24, 2.45) is 0 Å². The third-order valence-electron chi connectivity index (χ3n) is 22.0. The van der Waals surface area contributed by atoms with Gasteiger partial charge in [-0.25, -0.2) is 4.39 Å². The summed E-state index contributed by atoms with van der Waals surface area (Å²) in [6, 6.07) is 13.2. The second-order valence-electron chi connectivity index (χ2n) is 30.9. The molecule has 35 heteroatoms. The first-order valence-corrected chi connectivity index (χ1v) is 40.7. The van der Waals surface area contributed by atoms with Gasteiger partial charge in [-0.2, -0.15) is 0 Å². The van der Waals surface area contributed by atoms with Crippen LogP contribution in [0.2, 0.25) is 0 Å². The highest BCUT2D eigenvalue weighted by Gasteiger charge is 2.50. The molecule has 119 heavy (non-hydrogen) atoms. The summed E-state index contributed by atoms with van der Waals surface area (Å²) in [4.78, 5) is 206. The first kappa shape index (κ1) is 89.9. The fraction of sp³-hybridized carbons (Fsp3) is 0.524. The molecule has 0 spiro atoms. The standard InChI is InChI=1S/C84H109FN14O20/c1-51-76(108)94-65(46-89-70(103)49-118-39-38-117-37-32-86-68(101)14-10-15-73(106)107)78(110)91-62-42-56-12-9-13-57(40-56)45-88-71(104)50-119-67-29-36-98-75(67)80(112)95-74(52(2)100)79(111)93-63(41-54-20-23-60(116-4)24-21-54)82(114)99-35-11-30-84(99,3)83(115)87-31-28-53-16-18-55(19-17-53)47-97(72(105)27-26-69(102)90-51)34-8-6-5-7-33-96-48-58(43-64(81(98)113)92-77(62)109)61-44-59(85)22-25-66(61)96/h9,12-13,16-25,40,44,48,51-52,62-65,67,74-75,100H,5-8,10-11,14-15,26-39,41-43,45-47,49-50H2,1-4H3,(H,86,101)(H,87,115)(H,88,104)(H,89,103)(H,90,102)(H,91,110)(H,92,109)(H,93,111)(H,94,108)(H,95,112)(H,106,107)/t51-,52+,62-,63-,64-,65+,67-,74-,75?,84-/m0/s1. The van der Waals surface area contributed by atoms with Crippen molar-refractivity contribution in [2.45, 2.75) is 203 Å². The van der Waals surface area contributed by atoms with E-state index in [0.717, 1.165) is 16.0 Å². The molecule has 4 aromatic carbocycles. The van der Waals surface area contributed by atoms with Gasteiger partial charge in [-0.05, 0) is 129 Å². The number of aryl methyl sites for hydroxylation is 1. The lowest BCUT2D eigenvalue weighted by Crippen LogP contribution is -2.64. The van der Waals surface area contributed by atoms with Gasteiger partial charge in [0, 0.05) is 121 Å².